The predicted octanol–water partition coefficient (Wildman–Crippen LogP) is 3.20. The Labute approximate surface area is 149 Å². The van der Waals surface area contributed by atoms with Gasteiger partial charge in [0.05, 0.1) is 0 Å². The number of fused-ring (bicyclic) bond motifs is 2. The van der Waals surface area contributed by atoms with Crippen molar-refractivity contribution in [1.29, 1.82) is 0 Å². The molecule has 0 aromatic heterocycles. The smallest absolute Gasteiger partial charge is 0.339 e. The molecule has 1 unspecified atom stereocenters. The minimum Gasteiger partial charge on any atom is -0.459 e. The maximum Gasteiger partial charge on any atom is 0.339 e. The molecule has 4 aliphatic rings. The van der Waals surface area contributed by atoms with Gasteiger partial charge in [-0.2, -0.15) is 0 Å². The molecule has 4 nitrogen and oxygen atoms in total. The number of hydrogen-bond acceptors (Lipinski definition) is 4. The third-order valence-electron chi connectivity index (χ3n) is 8.05. The summed E-state index contributed by atoms with van der Waals surface area (Å²) in [5, 5.41) is 10.6. The van der Waals surface area contributed by atoms with Crippen LogP contribution in [0.2, 0.25) is 0 Å². The van der Waals surface area contributed by atoms with Crippen LogP contribution in [0.5, 0.6) is 0 Å². The molecule has 4 rings (SSSR count). The molecule has 25 heavy (non-hydrogen) atoms. The molecule has 0 radical (unpaired) electrons. The van der Waals surface area contributed by atoms with Gasteiger partial charge in [0.2, 0.25) is 0 Å². The number of carbonyl (C=O) groups is 2. The third kappa shape index (κ3) is 1.87. The van der Waals surface area contributed by atoms with Crippen molar-refractivity contribution in [3.8, 4) is 0 Å². The van der Waals surface area contributed by atoms with E-state index in [2.05, 4.69) is 19.9 Å². The standard InChI is InChI=1S/C21H28O4/c1-11-6-7-12-20(4)9-8-14(22)19(2,3)13(20)10-15-21(12,5)16(11)17(23)18(24)25-15/h8-9,12-13,15,17,23H,6-7,10H2,1-5H3/t12-,13+,15-,17?,20-,21+/m1/s1. The molecule has 0 aromatic carbocycles. The first-order valence-electron chi connectivity index (χ1n) is 9.37. The SMILES string of the molecule is CC1=C2C(O)C(=O)O[C@@H]3C[C@H]4C(C)(C)C(=O)C=C[C@]4(C)[C@@H](CC1)[C@]23C. The fourth-order valence-corrected chi connectivity index (χ4v) is 6.72. The van der Waals surface area contributed by atoms with E-state index in [0.717, 1.165) is 24.0 Å². The average Bonchev–Trinajstić information content (AvgIpc) is 2.52. The van der Waals surface area contributed by atoms with E-state index in [1.54, 1.807) is 6.08 Å². The monoisotopic (exact) mass is 344 g/mol. The highest BCUT2D eigenvalue weighted by molar-refractivity contribution is 5.96. The van der Waals surface area contributed by atoms with Gasteiger partial charge in [0, 0.05) is 10.8 Å². The van der Waals surface area contributed by atoms with Crippen molar-refractivity contribution < 1.29 is 19.4 Å². The van der Waals surface area contributed by atoms with E-state index in [9.17, 15) is 14.7 Å². The van der Waals surface area contributed by atoms with E-state index in [-0.39, 0.29) is 34.6 Å². The van der Waals surface area contributed by atoms with Crippen molar-refractivity contribution in [1.82, 2.24) is 0 Å². The van der Waals surface area contributed by atoms with E-state index >= 15 is 0 Å². The Balaban J connectivity index is 1.93. The number of aliphatic hydroxyl groups excluding tert-OH is 1. The lowest BCUT2D eigenvalue weighted by Gasteiger charge is -2.65. The van der Waals surface area contributed by atoms with Crippen LogP contribution in [0, 0.1) is 28.1 Å². The molecule has 0 bridgehead atoms. The zero-order valence-corrected chi connectivity index (χ0v) is 15.8. The zero-order chi connectivity index (χ0) is 18.4. The summed E-state index contributed by atoms with van der Waals surface area (Å²) in [4.78, 5) is 24.9. The largest absolute Gasteiger partial charge is 0.459 e. The summed E-state index contributed by atoms with van der Waals surface area (Å²) >= 11 is 0. The molecule has 4 heteroatoms. The summed E-state index contributed by atoms with van der Waals surface area (Å²) in [6, 6.07) is 0. The molecular formula is C21H28O4. The Hall–Kier alpha value is -1.42. The molecule has 0 spiro atoms. The summed E-state index contributed by atoms with van der Waals surface area (Å²) in [7, 11) is 0. The quantitative estimate of drug-likeness (QED) is 0.541. The van der Waals surface area contributed by atoms with E-state index in [0.29, 0.717) is 6.42 Å². The van der Waals surface area contributed by atoms with E-state index < -0.39 is 17.5 Å². The van der Waals surface area contributed by atoms with Crippen molar-refractivity contribution in [2.45, 2.75) is 66.1 Å². The predicted molar refractivity (Wildman–Crippen MR) is 93.6 cm³/mol. The highest BCUT2D eigenvalue weighted by atomic mass is 16.6. The Morgan fingerprint density at radius 3 is 2.52 bits per heavy atom. The van der Waals surface area contributed by atoms with Gasteiger partial charge in [0.25, 0.3) is 0 Å². The summed E-state index contributed by atoms with van der Waals surface area (Å²) in [5.74, 6) is -0.00262. The Bertz CT molecular complexity index is 730. The van der Waals surface area contributed by atoms with Crippen molar-refractivity contribution in [3.05, 3.63) is 23.3 Å². The van der Waals surface area contributed by atoms with Crippen molar-refractivity contribution >= 4 is 11.8 Å². The molecule has 1 saturated carbocycles. The van der Waals surface area contributed by atoms with Crippen LogP contribution in [-0.4, -0.2) is 29.1 Å². The van der Waals surface area contributed by atoms with E-state index in [1.807, 2.05) is 20.8 Å². The second-order valence-corrected chi connectivity index (χ2v) is 9.47. The van der Waals surface area contributed by atoms with Crippen LogP contribution in [0.15, 0.2) is 23.3 Å². The molecule has 1 saturated heterocycles. The first-order chi connectivity index (χ1) is 11.5. The lowest BCUT2D eigenvalue weighted by Crippen LogP contribution is -2.66. The van der Waals surface area contributed by atoms with Gasteiger partial charge in [-0.1, -0.05) is 39.3 Å². The summed E-state index contributed by atoms with van der Waals surface area (Å²) in [5.41, 5.74) is 1.04. The normalized spacial score (nSPS) is 47.9. The van der Waals surface area contributed by atoms with E-state index in [4.69, 9.17) is 4.74 Å². The van der Waals surface area contributed by atoms with Gasteiger partial charge >= 0.3 is 5.97 Å². The van der Waals surface area contributed by atoms with Gasteiger partial charge in [0.15, 0.2) is 11.9 Å². The fourth-order valence-electron chi connectivity index (χ4n) is 6.72. The van der Waals surface area contributed by atoms with E-state index in [1.165, 1.54) is 0 Å². The van der Waals surface area contributed by atoms with Gasteiger partial charge < -0.3 is 9.84 Å². The second-order valence-electron chi connectivity index (χ2n) is 9.47. The highest BCUT2D eigenvalue weighted by Crippen LogP contribution is 2.68. The van der Waals surface area contributed by atoms with Crippen LogP contribution < -0.4 is 0 Å². The molecule has 0 aromatic rings. The molecule has 1 heterocycles. The number of carbonyl (C=O) groups excluding carboxylic acids is 2. The van der Waals surface area contributed by atoms with Gasteiger partial charge in [-0.25, -0.2) is 4.79 Å². The minimum atomic E-state index is -1.15. The summed E-state index contributed by atoms with van der Waals surface area (Å²) in [6.07, 6.45) is 5.00. The van der Waals surface area contributed by atoms with Crippen molar-refractivity contribution in [2.24, 2.45) is 28.1 Å². The number of allylic oxidation sites excluding steroid dienone is 3. The van der Waals surface area contributed by atoms with Crippen LogP contribution in [0.4, 0.5) is 0 Å². The van der Waals surface area contributed by atoms with Crippen LogP contribution in [-0.2, 0) is 14.3 Å². The topological polar surface area (TPSA) is 63.6 Å². The Morgan fingerprint density at radius 2 is 1.84 bits per heavy atom. The number of aliphatic hydroxyl groups is 1. The molecule has 0 amide bonds. The van der Waals surface area contributed by atoms with Gasteiger partial charge in [-0.15, -0.1) is 0 Å². The van der Waals surface area contributed by atoms with Gasteiger partial charge in [0.1, 0.15) is 6.10 Å². The number of rotatable bonds is 0. The maximum atomic E-state index is 12.6. The van der Waals surface area contributed by atoms with Crippen LogP contribution in [0.3, 0.4) is 0 Å². The number of ether oxygens (including phenoxy) is 1. The van der Waals surface area contributed by atoms with Gasteiger partial charge in [-0.05, 0) is 55.1 Å². The van der Waals surface area contributed by atoms with Crippen molar-refractivity contribution in [2.75, 3.05) is 0 Å². The second kappa shape index (κ2) is 4.85. The first-order valence-corrected chi connectivity index (χ1v) is 9.37. The molecular weight excluding hydrogens is 316 g/mol. The van der Waals surface area contributed by atoms with Gasteiger partial charge in [-0.3, -0.25) is 4.79 Å². The van der Waals surface area contributed by atoms with Crippen LogP contribution in [0.1, 0.15) is 53.9 Å². The molecule has 1 aliphatic heterocycles. The van der Waals surface area contributed by atoms with Crippen LogP contribution >= 0.6 is 0 Å². The lowest BCUT2D eigenvalue weighted by molar-refractivity contribution is -0.204. The zero-order valence-electron chi connectivity index (χ0n) is 15.8. The maximum absolute atomic E-state index is 12.6. The van der Waals surface area contributed by atoms with Crippen molar-refractivity contribution in [3.63, 3.8) is 0 Å². The minimum absolute atomic E-state index is 0.128. The summed E-state index contributed by atoms with van der Waals surface area (Å²) < 4.78 is 5.75. The Morgan fingerprint density at radius 1 is 1.16 bits per heavy atom. The molecule has 6 atom stereocenters. The summed E-state index contributed by atoms with van der Waals surface area (Å²) in [6.45, 7) is 10.5. The van der Waals surface area contributed by atoms with Crippen LogP contribution in [0.25, 0.3) is 0 Å². The third-order valence-corrected chi connectivity index (χ3v) is 8.05. The highest BCUT2D eigenvalue weighted by Gasteiger charge is 2.67. The number of esters is 1. The Kier molecular flexibility index (Phi) is 3.30. The number of hydrogen-bond donors (Lipinski definition) is 1. The molecule has 1 N–H and O–H groups in total. The first kappa shape index (κ1) is 17.0. The molecule has 2 fully saturated rings. The fraction of sp³-hybridized carbons (Fsp3) is 0.714. The average molecular weight is 344 g/mol. The molecule has 3 aliphatic carbocycles. The number of ketones is 1. The molecule has 136 valence electrons. The lowest BCUT2D eigenvalue weighted by atomic mass is 9.40.